The number of aryl methyl sites for hydroxylation is 1. The van der Waals surface area contributed by atoms with Gasteiger partial charge in [-0.3, -0.25) is 0 Å². The second-order valence-electron chi connectivity index (χ2n) is 5.41. The SMILES string of the molecule is Cc1cccc(C2CCCN(c3ccc(Cl)nn3)C2)c1. The molecule has 3 nitrogen and oxygen atoms in total. The monoisotopic (exact) mass is 287 g/mol. The van der Waals surface area contributed by atoms with Gasteiger partial charge in [-0.05, 0) is 37.5 Å². The van der Waals surface area contributed by atoms with Crippen molar-refractivity contribution in [1.29, 1.82) is 0 Å². The zero-order valence-electron chi connectivity index (χ0n) is 11.6. The lowest BCUT2D eigenvalue weighted by molar-refractivity contribution is 0.505. The van der Waals surface area contributed by atoms with Gasteiger partial charge in [-0.1, -0.05) is 41.4 Å². The van der Waals surface area contributed by atoms with Gasteiger partial charge in [0.15, 0.2) is 11.0 Å². The van der Waals surface area contributed by atoms with E-state index in [-0.39, 0.29) is 0 Å². The third-order valence-electron chi connectivity index (χ3n) is 3.88. The van der Waals surface area contributed by atoms with Gasteiger partial charge in [0.25, 0.3) is 0 Å². The molecule has 1 unspecified atom stereocenters. The first-order valence-corrected chi connectivity index (χ1v) is 7.41. The van der Waals surface area contributed by atoms with Crippen molar-refractivity contribution in [3.63, 3.8) is 0 Å². The summed E-state index contributed by atoms with van der Waals surface area (Å²) in [5.74, 6) is 1.49. The van der Waals surface area contributed by atoms with E-state index in [9.17, 15) is 0 Å². The van der Waals surface area contributed by atoms with Gasteiger partial charge in [-0.2, -0.15) is 0 Å². The standard InChI is InChI=1S/C16H18ClN3/c1-12-4-2-5-13(10-12)14-6-3-9-20(11-14)16-8-7-15(17)18-19-16/h2,4-5,7-8,10,14H,3,6,9,11H2,1H3. The molecule has 0 bridgehead atoms. The van der Waals surface area contributed by atoms with Crippen molar-refractivity contribution in [3.8, 4) is 0 Å². The van der Waals surface area contributed by atoms with Crippen molar-refractivity contribution in [3.05, 3.63) is 52.7 Å². The van der Waals surface area contributed by atoms with Crippen molar-refractivity contribution >= 4 is 17.4 Å². The smallest absolute Gasteiger partial charge is 0.151 e. The van der Waals surface area contributed by atoms with Crippen molar-refractivity contribution in [2.45, 2.75) is 25.7 Å². The largest absolute Gasteiger partial charge is 0.355 e. The zero-order chi connectivity index (χ0) is 13.9. The van der Waals surface area contributed by atoms with Crippen molar-refractivity contribution < 1.29 is 0 Å². The summed E-state index contributed by atoms with van der Waals surface area (Å²) >= 11 is 5.80. The van der Waals surface area contributed by atoms with Crippen LogP contribution in [0, 0.1) is 6.92 Å². The molecule has 3 rings (SSSR count). The summed E-state index contributed by atoms with van der Waals surface area (Å²) in [6.45, 7) is 4.19. The van der Waals surface area contributed by atoms with Crippen LogP contribution in [0.4, 0.5) is 5.82 Å². The summed E-state index contributed by atoms with van der Waals surface area (Å²) in [5, 5.41) is 8.58. The minimum atomic E-state index is 0.445. The van der Waals surface area contributed by atoms with Gasteiger partial charge in [0, 0.05) is 19.0 Å². The number of rotatable bonds is 2. The maximum absolute atomic E-state index is 5.80. The van der Waals surface area contributed by atoms with Gasteiger partial charge in [-0.25, -0.2) is 0 Å². The molecule has 20 heavy (non-hydrogen) atoms. The van der Waals surface area contributed by atoms with Crippen LogP contribution in [0.15, 0.2) is 36.4 Å². The molecule has 1 aromatic heterocycles. The van der Waals surface area contributed by atoms with E-state index in [0.29, 0.717) is 11.1 Å². The second kappa shape index (κ2) is 5.80. The van der Waals surface area contributed by atoms with E-state index in [1.54, 1.807) is 6.07 Å². The van der Waals surface area contributed by atoms with Crippen LogP contribution < -0.4 is 4.90 Å². The van der Waals surface area contributed by atoms with E-state index < -0.39 is 0 Å². The Morgan fingerprint density at radius 3 is 2.85 bits per heavy atom. The van der Waals surface area contributed by atoms with E-state index in [1.165, 1.54) is 24.0 Å². The van der Waals surface area contributed by atoms with Gasteiger partial charge >= 0.3 is 0 Å². The van der Waals surface area contributed by atoms with Gasteiger partial charge in [-0.15, -0.1) is 10.2 Å². The van der Waals surface area contributed by atoms with Crippen LogP contribution in [-0.2, 0) is 0 Å². The number of anilines is 1. The molecule has 1 fully saturated rings. The van der Waals surface area contributed by atoms with E-state index in [1.807, 2.05) is 6.07 Å². The topological polar surface area (TPSA) is 29.0 Å². The number of hydrogen-bond acceptors (Lipinski definition) is 3. The summed E-state index contributed by atoms with van der Waals surface area (Å²) in [7, 11) is 0. The highest BCUT2D eigenvalue weighted by Crippen LogP contribution is 2.29. The van der Waals surface area contributed by atoms with Crippen molar-refractivity contribution in [1.82, 2.24) is 10.2 Å². The molecule has 1 aliphatic heterocycles. The lowest BCUT2D eigenvalue weighted by atomic mass is 9.90. The molecule has 1 aromatic carbocycles. The van der Waals surface area contributed by atoms with Crippen molar-refractivity contribution in [2.24, 2.45) is 0 Å². The molecule has 2 aromatic rings. The van der Waals surface area contributed by atoms with Crippen LogP contribution in [0.1, 0.15) is 29.9 Å². The minimum absolute atomic E-state index is 0.445. The highest BCUT2D eigenvalue weighted by Gasteiger charge is 2.22. The number of piperidine rings is 1. The normalized spacial score (nSPS) is 19.1. The lowest BCUT2D eigenvalue weighted by Gasteiger charge is -2.33. The molecule has 0 spiro atoms. The van der Waals surface area contributed by atoms with Gasteiger partial charge in [0.05, 0.1) is 0 Å². The van der Waals surface area contributed by atoms with E-state index in [0.717, 1.165) is 18.9 Å². The summed E-state index contributed by atoms with van der Waals surface area (Å²) in [6.07, 6.45) is 2.42. The van der Waals surface area contributed by atoms with Crippen LogP contribution in [0.25, 0.3) is 0 Å². The van der Waals surface area contributed by atoms with Gasteiger partial charge < -0.3 is 4.90 Å². The summed E-state index contributed by atoms with van der Waals surface area (Å²) < 4.78 is 0. The fraction of sp³-hybridized carbons (Fsp3) is 0.375. The van der Waals surface area contributed by atoms with Gasteiger partial charge in [0.2, 0.25) is 0 Å². The first kappa shape index (κ1) is 13.4. The Morgan fingerprint density at radius 2 is 2.10 bits per heavy atom. The molecular formula is C16H18ClN3. The first-order chi connectivity index (χ1) is 9.72. The summed E-state index contributed by atoms with van der Waals surface area (Å²) in [4.78, 5) is 2.31. The first-order valence-electron chi connectivity index (χ1n) is 7.03. The molecule has 2 heterocycles. The molecule has 0 saturated carbocycles. The quantitative estimate of drug-likeness (QED) is 0.841. The average Bonchev–Trinajstić information content (AvgIpc) is 2.48. The number of hydrogen-bond donors (Lipinski definition) is 0. The summed E-state index contributed by atoms with van der Waals surface area (Å²) in [5.41, 5.74) is 2.75. The molecule has 1 atom stereocenters. The number of nitrogens with zero attached hydrogens (tertiary/aromatic N) is 3. The third-order valence-corrected chi connectivity index (χ3v) is 4.08. The lowest BCUT2D eigenvalue weighted by Crippen LogP contribution is -2.35. The molecule has 0 amide bonds. The molecule has 1 saturated heterocycles. The van der Waals surface area contributed by atoms with Crippen molar-refractivity contribution in [2.75, 3.05) is 18.0 Å². The predicted octanol–water partition coefficient (Wildman–Crippen LogP) is 3.82. The molecule has 0 aliphatic carbocycles. The Balaban J connectivity index is 1.78. The highest BCUT2D eigenvalue weighted by atomic mass is 35.5. The van der Waals surface area contributed by atoms with Crippen LogP contribution >= 0.6 is 11.6 Å². The maximum atomic E-state index is 5.80. The highest BCUT2D eigenvalue weighted by molar-refractivity contribution is 6.29. The Bertz CT molecular complexity index is 583. The molecular weight excluding hydrogens is 270 g/mol. The fourth-order valence-corrected chi connectivity index (χ4v) is 2.96. The van der Waals surface area contributed by atoms with Gasteiger partial charge in [0.1, 0.15) is 0 Å². The van der Waals surface area contributed by atoms with Crippen LogP contribution in [-0.4, -0.2) is 23.3 Å². The Kier molecular flexibility index (Phi) is 3.88. The molecule has 0 N–H and O–H groups in total. The zero-order valence-corrected chi connectivity index (χ0v) is 12.3. The molecule has 4 heteroatoms. The van der Waals surface area contributed by atoms with E-state index >= 15 is 0 Å². The third kappa shape index (κ3) is 2.93. The Hall–Kier alpha value is -1.61. The van der Waals surface area contributed by atoms with E-state index in [2.05, 4.69) is 46.3 Å². The number of aromatic nitrogens is 2. The molecule has 0 radical (unpaired) electrons. The minimum Gasteiger partial charge on any atom is -0.355 e. The summed E-state index contributed by atoms with van der Waals surface area (Å²) in [6, 6.07) is 12.6. The van der Waals surface area contributed by atoms with Crippen LogP contribution in [0.2, 0.25) is 5.15 Å². The van der Waals surface area contributed by atoms with E-state index in [4.69, 9.17) is 11.6 Å². The Labute approximate surface area is 124 Å². The Morgan fingerprint density at radius 1 is 1.20 bits per heavy atom. The predicted molar refractivity (Wildman–Crippen MR) is 82.4 cm³/mol. The molecule has 1 aliphatic rings. The number of halogens is 1. The molecule has 104 valence electrons. The fourth-order valence-electron chi connectivity index (χ4n) is 2.86. The average molecular weight is 288 g/mol. The van der Waals surface area contributed by atoms with Crippen LogP contribution in [0.3, 0.4) is 0 Å². The number of benzene rings is 1. The second-order valence-corrected chi connectivity index (χ2v) is 5.80. The maximum Gasteiger partial charge on any atom is 0.151 e. The van der Waals surface area contributed by atoms with Crippen LogP contribution in [0.5, 0.6) is 0 Å².